The summed E-state index contributed by atoms with van der Waals surface area (Å²) in [6.07, 6.45) is 2.76. The first kappa shape index (κ1) is 23.8. The van der Waals surface area contributed by atoms with Gasteiger partial charge < -0.3 is 15.2 Å². The van der Waals surface area contributed by atoms with E-state index in [1.807, 2.05) is 25.7 Å². The van der Waals surface area contributed by atoms with Crippen molar-refractivity contribution < 1.29 is 14.6 Å². The van der Waals surface area contributed by atoms with Crippen LogP contribution in [0.5, 0.6) is 0 Å². The van der Waals surface area contributed by atoms with Crippen molar-refractivity contribution in [1.82, 2.24) is 20.9 Å². The van der Waals surface area contributed by atoms with E-state index in [-0.39, 0.29) is 29.1 Å². The Morgan fingerprint density at radius 1 is 1.39 bits per heavy atom. The highest BCUT2D eigenvalue weighted by molar-refractivity contribution is 8.00. The number of ether oxygens (including phenoxy) is 1. The fourth-order valence-electron chi connectivity index (χ4n) is 6.84. The van der Waals surface area contributed by atoms with Gasteiger partial charge in [-0.25, -0.2) is 0 Å². The molecule has 178 valence electrons. The molecule has 0 bridgehead atoms. The lowest BCUT2D eigenvalue weighted by molar-refractivity contribution is -0.141. The number of morpholine rings is 1. The molecule has 4 N–H and O–H groups in total. The van der Waals surface area contributed by atoms with E-state index < -0.39 is 6.10 Å². The van der Waals surface area contributed by atoms with Crippen LogP contribution in [0.2, 0.25) is 0 Å². The second kappa shape index (κ2) is 9.85. The standard InChI is InChI=1S/C23H42N4O3S/c1-14(21(29)25-7-8-27-9-11-30-12-10-27)16-5-6-23(3)13-17-19(26-22(24-4)31-17)15(2)18(23)20(16)28/h14-20,22,24,26,28H,5-13H2,1-4H3,(H,25,29)/t14-,15+,16-,17?,18+,19?,20-,22?,23+/m0/s1. The summed E-state index contributed by atoms with van der Waals surface area (Å²) in [6.45, 7) is 11.7. The molecule has 4 aliphatic rings. The van der Waals surface area contributed by atoms with Crippen molar-refractivity contribution in [1.29, 1.82) is 0 Å². The number of rotatable bonds is 6. The molecule has 2 saturated carbocycles. The van der Waals surface area contributed by atoms with Crippen LogP contribution in [0.15, 0.2) is 0 Å². The first-order chi connectivity index (χ1) is 14.8. The van der Waals surface area contributed by atoms with Gasteiger partial charge in [-0.2, -0.15) is 0 Å². The van der Waals surface area contributed by atoms with Crippen molar-refractivity contribution in [3.8, 4) is 0 Å². The van der Waals surface area contributed by atoms with Gasteiger partial charge in [0.1, 0.15) is 5.50 Å². The molecule has 0 radical (unpaired) electrons. The number of hydrogen-bond acceptors (Lipinski definition) is 7. The van der Waals surface area contributed by atoms with Crippen molar-refractivity contribution >= 4 is 17.7 Å². The average Bonchev–Trinajstić information content (AvgIpc) is 3.17. The molecule has 0 aromatic rings. The van der Waals surface area contributed by atoms with E-state index in [4.69, 9.17) is 4.74 Å². The lowest BCUT2D eigenvalue weighted by Gasteiger charge is -2.57. The molecule has 2 saturated heterocycles. The quantitative estimate of drug-likeness (QED) is 0.478. The largest absolute Gasteiger partial charge is 0.392 e. The van der Waals surface area contributed by atoms with E-state index in [0.717, 1.165) is 52.1 Å². The summed E-state index contributed by atoms with van der Waals surface area (Å²) in [4.78, 5) is 15.3. The van der Waals surface area contributed by atoms with Gasteiger partial charge in [-0.3, -0.25) is 20.3 Å². The molecular weight excluding hydrogens is 412 g/mol. The highest BCUT2D eigenvalue weighted by Crippen LogP contribution is 2.58. The number of thioether (sulfide) groups is 1. The Labute approximate surface area is 191 Å². The molecule has 2 aliphatic carbocycles. The molecule has 0 aromatic heterocycles. The number of nitrogens with zero attached hydrogens (tertiary/aromatic N) is 1. The molecular formula is C23H42N4O3S. The van der Waals surface area contributed by atoms with Gasteiger partial charge in [0.25, 0.3) is 0 Å². The molecule has 1 amide bonds. The van der Waals surface area contributed by atoms with Gasteiger partial charge in [-0.15, -0.1) is 11.8 Å². The molecule has 4 fully saturated rings. The molecule has 9 atom stereocenters. The van der Waals surface area contributed by atoms with Gasteiger partial charge in [0.05, 0.1) is 19.3 Å². The van der Waals surface area contributed by atoms with E-state index >= 15 is 0 Å². The van der Waals surface area contributed by atoms with Gasteiger partial charge in [-0.1, -0.05) is 20.8 Å². The number of carbonyl (C=O) groups is 1. The summed E-state index contributed by atoms with van der Waals surface area (Å²) in [5, 5.41) is 22.4. The van der Waals surface area contributed by atoms with Crippen LogP contribution in [0.3, 0.4) is 0 Å². The summed E-state index contributed by atoms with van der Waals surface area (Å²) >= 11 is 2.01. The summed E-state index contributed by atoms with van der Waals surface area (Å²) in [7, 11) is 2.01. The fraction of sp³-hybridized carbons (Fsp3) is 0.957. The average molecular weight is 455 g/mol. The first-order valence-electron chi connectivity index (χ1n) is 12.2. The third-order valence-electron chi connectivity index (χ3n) is 8.66. The molecule has 7 nitrogen and oxygen atoms in total. The maximum atomic E-state index is 12.9. The lowest BCUT2D eigenvalue weighted by atomic mass is 9.51. The summed E-state index contributed by atoms with van der Waals surface area (Å²) in [5.41, 5.74) is 0.450. The van der Waals surface area contributed by atoms with Gasteiger partial charge in [0, 0.05) is 43.4 Å². The maximum absolute atomic E-state index is 12.9. The number of aliphatic hydroxyl groups excluding tert-OH is 1. The SMILES string of the molecule is CNC1NC2C(C[C@@]3(C)CC[C@@H]([C@H](C)C(=O)NCCN4CCOCC4)[C@H](O)[C@H]3[C@H]2C)S1. The molecule has 31 heavy (non-hydrogen) atoms. The molecule has 2 aliphatic heterocycles. The van der Waals surface area contributed by atoms with E-state index in [1.54, 1.807) is 0 Å². The van der Waals surface area contributed by atoms with Gasteiger partial charge >= 0.3 is 0 Å². The topological polar surface area (TPSA) is 85.9 Å². The number of nitrogens with one attached hydrogen (secondary N) is 3. The zero-order valence-electron chi connectivity index (χ0n) is 19.6. The Kier molecular flexibility index (Phi) is 7.55. The third-order valence-corrected chi connectivity index (χ3v) is 10.1. The van der Waals surface area contributed by atoms with Crippen molar-refractivity contribution in [3.63, 3.8) is 0 Å². The number of amides is 1. The summed E-state index contributed by atoms with van der Waals surface area (Å²) in [5.74, 6) is 0.593. The van der Waals surface area contributed by atoms with Crippen LogP contribution in [0.1, 0.15) is 40.0 Å². The first-order valence-corrected chi connectivity index (χ1v) is 13.1. The number of hydrogen-bond donors (Lipinski definition) is 4. The normalized spacial score (nSPS) is 44.4. The zero-order valence-corrected chi connectivity index (χ0v) is 20.4. The molecule has 3 unspecified atom stereocenters. The van der Waals surface area contributed by atoms with Crippen molar-refractivity contribution in [3.05, 3.63) is 0 Å². The Morgan fingerprint density at radius 2 is 2.13 bits per heavy atom. The second-order valence-corrected chi connectivity index (χ2v) is 11.9. The summed E-state index contributed by atoms with van der Waals surface area (Å²) < 4.78 is 5.39. The van der Waals surface area contributed by atoms with Crippen molar-refractivity contribution in [2.75, 3.05) is 46.4 Å². The Hall–Kier alpha value is -0.380. The molecule has 4 rings (SSSR count). The number of carbonyl (C=O) groups excluding carboxylic acids is 1. The minimum Gasteiger partial charge on any atom is -0.392 e. The van der Waals surface area contributed by atoms with E-state index in [9.17, 15) is 9.90 Å². The number of aliphatic hydroxyl groups is 1. The van der Waals surface area contributed by atoms with Crippen LogP contribution < -0.4 is 16.0 Å². The zero-order chi connectivity index (χ0) is 22.2. The van der Waals surface area contributed by atoms with Crippen LogP contribution >= 0.6 is 11.8 Å². The fourth-order valence-corrected chi connectivity index (χ4v) is 8.53. The van der Waals surface area contributed by atoms with Gasteiger partial charge in [-0.05, 0) is 49.5 Å². The Balaban J connectivity index is 1.35. The van der Waals surface area contributed by atoms with Gasteiger partial charge in [0.15, 0.2) is 0 Å². The molecule has 0 aromatic carbocycles. The minimum absolute atomic E-state index is 0.0367. The highest BCUT2D eigenvalue weighted by Gasteiger charge is 2.58. The smallest absolute Gasteiger partial charge is 0.223 e. The van der Waals surface area contributed by atoms with Crippen LogP contribution in [-0.4, -0.2) is 85.2 Å². The molecule has 8 heteroatoms. The van der Waals surface area contributed by atoms with Crippen LogP contribution in [0.25, 0.3) is 0 Å². The summed E-state index contributed by atoms with van der Waals surface area (Å²) in [6, 6.07) is 0.423. The van der Waals surface area contributed by atoms with E-state index in [1.165, 1.54) is 0 Å². The van der Waals surface area contributed by atoms with E-state index in [0.29, 0.717) is 29.3 Å². The maximum Gasteiger partial charge on any atom is 0.223 e. The third kappa shape index (κ3) is 4.80. The molecule has 2 heterocycles. The Morgan fingerprint density at radius 3 is 2.84 bits per heavy atom. The van der Waals surface area contributed by atoms with Crippen LogP contribution in [0, 0.1) is 29.1 Å². The Bertz CT molecular complexity index is 634. The predicted octanol–water partition coefficient (Wildman–Crippen LogP) is 1.08. The minimum atomic E-state index is -0.421. The van der Waals surface area contributed by atoms with E-state index in [2.05, 4.69) is 34.7 Å². The highest BCUT2D eigenvalue weighted by atomic mass is 32.2. The van der Waals surface area contributed by atoms with Crippen LogP contribution in [-0.2, 0) is 9.53 Å². The van der Waals surface area contributed by atoms with Crippen LogP contribution in [0.4, 0.5) is 0 Å². The second-order valence-electron chi connectivity index (χ2n) is 10.5. The van der Waals surface area contributed by atoms with Crippen molar-refractivity contribution in [2.45, 2.75) is 62.9 Å². The van der Waals surface area contributed by atoms with Gasteiger partial charge in [0.2, 0.25) is 5.91 Å². The lowest BCUT2D eigenvalue weighted by Crippen LogP contribution is -2.60. The monoisotopic (exact) mass is 454 g/mol. The number of fused-ring (bicyclic) bond motifs is 2. The van der Waals surface area contributed by atoms with Crippen molar-refractivity contribution in [2.24, 2.45) is 29.1 Å². The molecule has 0 spiro atoms. The predicted molar refractivity (Wildman–Crippen MR) is 125 cm³/mol.